The van der Waals surface area contributed by atoms with Crippen molar-refractivity contribution < 1.29 is 22.4 Å². The van der Waals surface area contributed by atoms with Crippen LogP contribution in [0.5, 0.6) is 11.5 Å². The summed E-state index contributed by atoms with van der Waals surface area (Å²) < 4.78 is 37.8. The highest BCUT2D eigenvalue weighted by atomic mass is 32.2. The number of unbranched alkanes of at least 4 members (excludes halogenated alkanes) is 1. The van der Waals surface area contributed by atoms with Gasteiger partial charge in [-0.25, -0.2) is 0 Å². The van der Waals surface area contributed by atoms with Crippen molar-refractivity contribution in [3.8, 4) is 11.5 Å². The first-order valence-corrected chi connectivity index (χ1v) is 17.3. The Morgan fingerprint density at radius 3 is 1.35 bits per heavy atom. The van der Waals surface area contributed by atoms with Gasteiger partial charge in [0.05, 0.1) is 19.5 Å². The summed E-state index contributed by atoms with van der Waals surface area (Å²) >= 11 is 0. The molecule has 7 nitrogen and oxygen atoms in total. The van der Waals surface area contributed by atoms with Gasteiger partial charge in [0.25, 0.3) is 10.1 Å². The molecular formula is C35H48N2O5S. The van der Waals surface area contributed by atoms with Gasteiger partial charge in [-0.3, -0.25) is 4.55 Å². The molecule has 0 unspecified atom stereocenters. The van der Waals surface area contributed by atoms with E-state index in [1.807, 2.05) is 0 Å². The highest BCUT2D eigenvalue weighted by Crippen LogP contribution is 2.30. The van der Waals surface area contributed by atoms with Gasteiger partial charge in [-0.05, 0) is 98.7 Å². The molecule has 0 aliphatic rings. The highest BCUT2D eigenvalue weighted by Gasteiger charge is 2.08. The van der Waals surface area contributed by atoms with Crippen molar-refractivity contribution in [1.29, 1.82) is 0 Å². The van der Waals surface area contributed by atoms with Crippen LogP contribution < -0.4 is 20.1 Å². The van der Waals surface area contributed by atoms with E-state index in [0.29, 0.717) is 6.26 Å². The van der Waals surface area contributed by atoms with Gasteiger partial charge in [-0.1, -0.05) is 74.5 Å². The van der Waals surface area contributed by atoms with Crippen LogP contribution in [0, 0.1) is 0 Å². The van der Waals surface area contributed by atoms with Crippen LogP contribution in [-0.4, -0.2) is 58.6 Å². The van der Waals surface area contributed by atoms with Crippen molar-refractivity contribution in [3.05, 3.63) is 83.9 Å². The molecule has 3 N–H and O–H groups in total. The largest absolute Gasteiger partial charge is 0.493 e. The van der Waals surface area contributed by atoms with Gasteiger partial charge < -0.3 is 20.1 Å². The molecule has 0 amide bonds. The lowest BCUT2D eigenvalue weighted by molar-refractivity contribution is 0.321. The number of fused-ring (bicyclic) bond motifs is 2. The van der Waals surface area contributed by atoms with Gasteiger partial charge in [0.1, 0.15) is 11.5 Å². The minimum atomic E-state index is -3.67. The molecule has 0 saturated carbocycles. The zero-order valence-electron chi connectivity index (χ0n) is 25.9. The zero-order chi connectivity index (χ0) is 30.9. The molecule has 0 aliphatic heterocycles. The van der Waals surface area contributed by atoms with Crippen LogP contribution in [0.3, 0.4) is 0 Å². The normalized spacial score (nSPS) is 11.3. The van der Waals surface area contributed by atoms with Gasteiger partial charge in [0, 0.05) is 10.8 Å². The molecule has 43 heavy (non-hydrogen) atoms. The van der Waals surface area contributed by atoms with Crippen molar-refractivity contribution in [2.75, 3.05) is 45.6 Å². The zero-order valence-corrected chi connectivity index (χ0v) is 26.7. The summed E-state index contributed by atoms with van der Waals surface area (Å²) in [6.07, 6.45) is 7.19. The predicted octanol–water partition coefficient (Wildman–Crippen LogP) is 6.82. The Morgan fingerprint density at radius 2 is 0.977 bits per heavy atom. The lowest BCUT2D eigenvalue weighted by Crippen LogP contribution is -2.22. The first kappa shape index (κ1) is 34.3. The summed E-state index contributed by atoms with van der Waals surface area (Å²) in [5.74, 6) is 2.00. The van der Waals surface area contributed by atoms with Gasteiger partial charge in [-0.15, -0.1) is 0 Å². The third-order valence-corrected chi connectivity index (χ3v) is 6.97. The Kier molecular flexibility index (Phi) is 14.8. The summed E-state index contributed by atoms with van der Waals surface area (Å²) in [6, 6.07) is 25.9. The van der Waals surface area contributed by atoms with E-state index in [1.54, 1.807) is 0 Å². The summed E-state index contributed by atoms with van der Waals surface area (Å²) in [7, 11) is -3.67. The molecule has 0 aromatic heterocycles. The predicted molar refractivity (Wildman–Crippen MR) is 179 cm³/mol. The van der Waals surface area contributed by atoms with Crippen molar-refractivity contribution in [3.63, 3.8) is 0 Å². The molecular weight excluding hydrogens is 560 g/mol. The second-order valence-corrected chi connectivity index (χ2v) is 12.1. The van der Waals surface area contributed by atoms with Crippen LogP contribution in [0.15, 0.2) is 72.8 Å². The summed E-state index contributed by atoms with van der Waals surface area (Å²) in [6.45, 7) is 9.92. The lowest BCUT2D eigenvalue weighted by atomic mass is 10.0. The molecule has 234 valence electrons. The van der Waals surface area contributed by atoms with Crippen LogP contribution >= 0.6 is 0 Å². The number of benzene rings is 4. The van der Waals surface area contributed by atoms with Gasteiger partial charge in [-0.2, -0.15) is 8.42 Å². The van der Waals surface area contributed by atoms with E-state index in [1.165, 1.54) is 45.5 Å². The van der Waals surface area contributed by atoms with Gasteiger partial charge in [0.15, 0.2) is 0 Å². The summed E-state index contributed by atoms with van der Waals surface area (Å²) in [5.41, 5.74) is 2.77. The topological polar surface area (TPSA) is 96.9 Å². The Balaban J connectivity index is 0.000000934. The summed E-state index contributed by atoms with van der Waals surface area (Å²) in [5, 5.41) is 12.3. The van der Waals surface area contributed by atoms with Crippen molar-refractivity contribution in [1.82, 2.24) is 10.6 Å². The molecule has 0 bridgehead atoms. The molecule has 0 fully saturated rings. The van der Waals surface area contributed by atoms with Crippen LogP contribution in [0.2, 0.25) is 0 Å². The van der Waals surface area contributed by atoms with Crippen molar-refractivity contribution in [2.24, 2.45) is 0 Å². The average molecular weight is 609 g/mol. The third-order valence-electron chi connectivity index (χ3n) is 6.97. The molecule has 0 radical (unpaired) electrons. The Bertz CT molecular complexity index is 1400. The van der Waals surface area contributed by atoms with Crippen LogP contribution in [-0.2, 0) is 23.0 Å². The maximum Gasteiger partial charge on any atom is 0.261 e. The Hall–Kier alpha value is -3.17. The monoisotopic (exact) mass is 608 g/mol. The first-order chi connectivity index (χ1) is 20.8. The van der Waals surface area contributed by atoms with E-state index in [-0.39, 0.29) is 0 Å². The number of hydrogen-bond acceptors (Lipinski definition) is 6. The molecule has 8 heteroatoms. The van der Waals surface area contributed by atoms with Gasteiger partial charge >= 0.3 is 0 Å². The quantitative estimate of drug-likeness (QED) is 0.0894. The number of rotatable bonds is 17. The van der Waals surface area contributed by atoms with E-state index >= 15 is 0 Å². The van der Waals surface area contributed by atoms with Crippen molar-refractivity contribution in [2.45, 2.75) is 52.4 Å². The van der Waals surface area contributed by atoms with E-state index in [9.17, 15) is 8.42 Å². The molecule has 4 aromatic carbocycles. The van der Waals surface area contributed by atoms with E-state index in [0.717, 1.165) is 76.6 Å². The van der Waals surface area contributed by atoms with Crippen LogP contribution in [0.1, 0.15) is 50.7 Å². The summed E-state index contributed by atoms with van der Waals surface area (Å²) in [4.78, 5) is 0. The molecule has 4 aromatic rings. The first-order valence-electron chi connectivity index (χ1n) is 15.4. The maximum absolute atomic E-state index is 9.19. The van der Waals surface area contributed by atoms with Gasteiger partial charge in [0.2, 0.25) is 0 Å². The molecule has 0 spiro atoms. The maximum atomic E-state index is 9.19. The second-order valence-electron chi connectivity index (χ2n) is 10.7. The minimum absolute atomic E-state index is 0.715. The van der Waals surface area contributed by atoms with Crippen molar-refractivity contribution >= 4 is 31.7 Å². The van der Waals surface area contributed by atoms with Crippen LogP contribution in [0.4, 0.5) is 0 Å². The number of ether oxygens (including phenoxy) is 2. The lowest BCUT2D eigenvalue weighted by Gasteiger charge is -2.13. The standard InChI is InChI=1S/C34H44N2O2.CH4O3S/c1-3-25-37-33-17-15-27(29-11-5-7-13-31(29)33)19-23-35-21-9-10-22-36-24-20-28-16-18-34(38-26-4-2)32-14-8-6-12-30(28)32;1-5(2,3)4/h5-8,11-18,35-36H,3-4,9-10,19-26H2,1-2H3;1H3,(H,2,3,4). The third kappa shape index (κ3) is 12.2. The highest BCUT2D eigenvalue weighted by molar-refractivity contribution is 7.85. The Labute approximate surface area is 257 Å². The molecule has 0 aliphatic carbocycles. The SMILES string of the molecule is CCCOc1ccc(CCNCCCCNCCc2ccc(OCCC)c3ccccc23)c2ccccc12.CS(=O)(=O)O. The van der Waals surface area contributed by atoms with E-state index in [2.05, 4.69) is 97.3 Å². The smallest absolute Gasteiger partial charge is 0.261 e. The fourth-order valence-corrected chi connectivity index (χ4v) is 4.98. The van der Waals surface area contributed by atoms with E-state index in [4.69, 9.17) is 14.0 Å². The number of hydrogen-bond donors (Lipinski definition) is 3. The van der Waals surface area contributed by atoms with E-state index < -0.39 is 10.1 Å². The Morgan fingerprint density at radius 1 is 0.605 bits per heavy atom. The minimum Gasteiger partial charge on any atom is -0.493 e. The average Bonchev–Trinajstić information content (AvgIpc) is 2.99. The van der Waals surface area contributed by atoms with Crippen LogP contribution in [0.25, 0.3) is 21.5 Å². The number of nitrogens with one attached hydrogen (secondary N) is 2. The second kappa shape index (κ2) is 18.5. The molecule has 0 atom stereocenters. The molecule has 0 saturated heterocycles. The molecule has 0 heterocycles. The fourth-order valence-electron chi connectivity index (χ4n) is 4.98. The molecule has 4 rings (SSSR count). The fraction of sp³-hybridized carbons (Fsp3) is 0.429.